The first-order chi connectivity index (χ1) is 10.6. The van der Waals surface area contributed by atoms with E-state index in [0.717, 1.165) is 11.3 Å². The molecule has 1 amide bonds. The number of carbonyl (C=O) groups excluding carboxylic acids is 1. The molecule has 5 nitrogen and oxygen atoms in total. The summed E-state index contributed by atoms with van der Waals surface area (Å²) in [6.07, 6.45) is 1.71. The van der Waals surface area contributed by atoms with Crippen LogP contribution in [0.25, 0.3) is 0 Å². The van der Waals surface area contributed by atoms with E-state index in [9.17, 15) is 4.79 Å². The third kappa shape index (κ3) is 4.41. The van der Waals surface area contributed by atoms with Crippen LogP contribution in [-0.2, 0) is 0 Å². The molecule has 1 N–H and O–H groups in total. The molecule has 0 saturated heterocycles. The molecule has 22 heavy (non-hydrogen) atoms. The summed E-state index contributed by atoms with van der Waals surface area (Å²) < 4.78 is 5.59. The zero-order valence-corrected chi connectivity index (χ0v) is 12.9. The number of nitrogens with one attached hydrogen (secondary N) is 1. The average molecular weight is 297 g/mol. The molecule has 0 saturated carbocycles. The topological polar surface area (TPSA) is 63.6 Å². The summed E-state index contributed by atoms with van der Waals surface area (Å²) in [7, 11) is 0. The van der Waals surface area contributed by atoms with E-state index in [1.54, 1.807) is 24.4 Å². The van der Waals surface area contributed by atoms with E-state index in [2.05, 4.69) is 15.5 Å². The van der Waals surface area contributed by atoms with Gasteiger partial charge in [0.15, 0.2) is 0 Å². The third-order valence-electron chi connectivity index (χ3n) is 2.87. The Morgan fingerprint density at radius 3 is 2.50 bits per heavy atom. The minimum Gasteiger partial charge on any atom is -0.491 e. The summed E-state index contributed by atoms with van der Waals surface area (Å²) in [5.41, 5.74) is 4.46. The minimum atomic E-state index is -0.334. The average Bonchev–Trinajstić information content (AvgIpc) is 2.53. The van der Waals surface area contributed by atoms with E-state index in [1.807, 2.05) is 45.0 Å². The van der Waals surface area contributed by atoms with Gasteiger partial charge in [-0.1, -0.05) is 6.07 Å². The number of carbonyl (C=O) groups is 1. The van der Waals surface area contributed by atoms with Crippen LogP contribution in [0, 0.1) is 0 Å². The molecule has 0 aliphatic rings. The lowest BCUT2D eigenvalue weighted by atomic mass is 10.1. The summed E-state index contributed by atoms with van der Waals surface area (Å²) >= 11 is 0. The van der Waals surface area contributed by atoms with Crippen molar-refractivity contribution in [3.05, 3.63) is 59.9 Å². The molecule has 114 valence electrons. The van der Waals surface area contributed by atoms with Gasteiger partial charge in [0.1, 0.15) is 11.4 Å². The normalized spacial score (nSPS) is 11.4. The Balaban J connectivity index is 2.01. The van der Waals surface area contributed by atoms with Crippen molar-refractivity contribution in [3.63, 3.8) is 0 Å². The smallest absolute Gasteiger partial charge is 0.289 e. The molecule has 5 heteroatoms. The highest BCUT2D eigenvalue weighted by molar-refractivity contribution is 6.00. The molecular formula is C17H19N3O2. The van der Waals surface area contributed by atoms with E-state index >= 15 is 0 Å². The quantitative estimate of drug-likeness (QED) is 0.681. The summed E-state index contributed by atoms with van der Waals surface area (Å²) in [6, 6.07) is 12.7. The van der Waals surface area contributed by atoms with E-state index in [1.165, 1.54) is 0 Å². The van der Waals surface area contributed by atoms with E-state index in [4.69, 9.17) is 4.74 Å². The van der Waals surface area contributed by atoms with Crippen molar-refractivity contribution in [2.75, 3.05) is 0 Å². The second kappa shape index (κ2) is 7.36. The van der Waals surface area contributed by atoms with Crippen molar-refractivity contribution in [1.82, 2.24) is 10.4 Å². The van der Waals surface area contributed by atoms with Crippen molar-refractivity contribution in [3.8, 4) is 5.75 Å². The largest absolute Gasteiger partial charge is 0.491 e. The molecule has 0 aliphatic heterocycles. The van der Waals surface area contributed by atoms with Crippen LogP contribution in [0.2, 0.25) is 0 Å². The monoisotopic (exact) mass is 297 g/mol. The summed E-state index contributed by atoms with van der Waals surface area (Å²) in [5.74, 6) is 0.476. The molecular weight excluding hydrogens is 278 g/mol. The molecule has 2 aromatic rings. The van der Waals surface area contributed by atoms with Gasteiger partial charge in [-0.05, 0) is 62.7 Å². The fourth-order valence-electron chi connectivity index (χ4n) is 1.80. The van der Waals surface area contributed by atoms with E-state index in [-0.39, 0.29) is 12.0 Å². The molecule has 0 atom stereocenters. The van der Waals surface area contributed by atoms with Crippen molar-refractivity contribution >= 4 is 11.6 Å². The molecule has 0 radical (unpaired) electrons. The SMILES string of the molecule is C/C(=N/NC(=O)c1ccccn1)c1ccc(OC(C)C)cc1. The van der Waals surface area contributed by atoms with Gasteiger partial charge < -0.3 is 4.74 Å². The maximum absolute atomic E-state index is 11.9. The highest BCUT2D eigenvalue weighted by atomic mass is 16.5. The number of hydrogen-bond acceptors (Lipinski definition) is 4. The molecule has 1 aromatic heterocycles. The first kappa shape index (κ1) is 15.7. The Hall–Kier alpha value is -2.69. The summed E-state index contributed by atoms with van der Waals surface area (Å²) in [4.78, 5) is 15.8. The zero-order valence-electron chi connectivity index (χ0n) is 12.9. The van der Waals surface area contributed by atoms with Gasteiger partial charge in [0.05, 0.1) is 11.8 Å². The van der Waals surface area contributed by atoms with Crippen LogP contribution in [0.5, 0.6) is 5.75 Å². The fourth-order valence-corrected chi connectivity index (χ4v) is 1.80. The second-order valence-electron chi connectivity index (χ2n) is 5.04. The molecule has 0 bridgehead atoms. The Morgan fingerprint density at radius 1 is 1.18 bits per heavy atom. The van der Waals surface area contributed by atoms with Crippen LogP contribution in [0.15, 0.2) is 53.8 Å². The van der Waals surface area contributed by atoms with E-state index < -0.39 is 0 Å². The minimum absolute atomic E-state index is 0.137. The van der Waals surface area contributed by atoms with Crippen molar-refractivity contribution in [2.24, 2.45) is 5.10 Å². The molecule has 1 aromatic carbocycles. The number of hydrazone groups is 1. The number of hydrogen-bond donors (Lipinski definition) is 1. The first-order valence-corrected chi connectivity index (χ1v) is 7.09. The van der Waals surface area contributed by atoms with Crippen LogP contribution < -0.4 is 10.2 Å². The van der Waals surface area contributed by atoms with Gasteiger partial charge in [0.25, 0.3) is 5.91 Å². The van der Waals surface area contributed by atoms with Gasteiger partial charge in [-0.2, -0.15) is 5.10 Å². The Bertz CT molecular complexity index is 649. The van der Waals surface area contributed by atoms with Crippen molar-refractivity contribution in [1.29, 1.82) is 0 Å². The summed E-state index contributed by atoms with van der Waals surface area (Å²) in [6.45, 7) is 5.79. The number of rotatable bonds is 5. The van der Waals surface area contributed by atoms with Gasteiger partial charge in [0.2, 0.25) is 0 Å². The molecule has 0 spiro atoms. The fraction of sp³-hybridized carbons (Fsp3) is 0.235. The number of amides is 1. The van der Waals surface area contributed by atoms with Crippen LogP contribution in [0.3, 0.4) is 0 Å². The van der Waals surface area contributed by atoms with Gasteiger partial charge in [0, 0.05) is 6.20 Å². The lowest BCUT2D eigenvalue weighted by Gasteiger charge is -2.10. The van der Waals surface area contributed by atoms with Gasteiger partial charge in [-0.3, -0.25) is 9.78 Å². The standard InChI is InChI=1S/C17H19N3O2/c1-12(2)22-15-9-7-14(8-10-15)13(3)19-20-17(21)16-6-4-5-11-18-16/h4-12H,1-3H3,(H,20,21)/b19-13-. The Morgan fingerprint density at radius 2 is 1.91 bits per heavy atom. The lowest BCUT2D eigenvalue weighted by Crippen LogP contribution is -2.20. The maximum atomic E-state index is 11.9. The number of nitrogens with zero attached hydrogens (tertiary/aromatic N) is 2. The van der Waals surface area contributed by atoms with Gasteiger partial charge in [-0.15, -0.1) is 0 Å². The zero-order chi connectivity index (χ0) is 15.9. The van der Waals surface area contributed by atoms with Crippen LogP contribution in [-0.4, -0.2) is 22.7 Å². The van der Waals surface area contributed by atoms with Crippen molar-refractivity contribution < 1.29 is 9.53 Å². The molecule has 0 unspecified atom stereocenters. The number of aromatic nitrogens is 1. The number of benzene rings is 1. The number of ether oxygens (including phenoxy) is 1. The Kier molecular flexibility index (Phi) is 5.25. The van der Waals surface area contributed by atoms with Gasteiger partial charge in [-0.25, -0.2) is 5.43 Å². The van der Waals surface area contributed by atoms with Crippen LogP contribution >= 0.6 is 0 Å². The maximum Gasteiger partial charge on any atom is 0.289 e. The summed E-state index contributed by atoms with van der Waals surface area (Å²) in [5, 5.41) is 4.10. The van der Waals surface area contributed by atoms with Crippen LogP contribution in [0.4, 0.5) is 0 Å². The number of pyridine rings is 1. The van der Waals surface area contributed by atoms with E-state index in [0.29, 0.717) is 11.4 Å². The first-order valence-electron chi connectivity index (χ1n) is 7.09. The molecule has 1 heterocycles. The molecule has 0 aliphatic carbocycles. The second-order valence-corrected chi connectivity index (χ2v) is 5.04. The Labute approximate surface area is 130 Å². The lowest BCUT2D eigenvalue weighted by molar-refractivity contribution is 0.0950. The van der Waals surface area contributed by atoms with Crippen molar-refractivity contribution in [2.45, 2.75) is 26.9 Å². The predicted molar refractivity (Wildman–Crippen MR) is 86.1 cm³/mol. The van der Waals surface area contributed by atoms with Crippen LogP contribution in [0.1, 0.15) is 36.8 Å². The highest BCUT2D eigenvalue weighted by Gasteiger charge is 2.05. The van der Waals surface area contributed by atoms with Gasteiger partial charge >= 0.3 is 0 Å². The molecule has 0 fully saturated rings. The molecule has 2 rings (SSSR count). The highest BCUT2D eigenvalue weighted by Crippen LogP contribution is 2.14. The predicted octanol–water partition coefficient (Wildman–Crippen LogP) is 3.02. The third-order valence-corrected chi connectivity index (χ3v) is 2.87.